The first-order valence-electron chi connectivity index (χ1n) is 12.9. The number of benzene rings is 2. The predicted octanol–water partition coefficient (Wildman–Crippen LogP) is 2.42. The highest BCUT2D eigenvalue weighted by Crippen LogP contribution is 2.31. The van der Waals surface area contributed by atoms with Crippen LogP contribution in [0.5, 0.6) is 5.75 Å². The molecule has 2 atom stereocenters. The van der Waals surface area contributed by atoms with Crippen LogP contribution in [0, 0.1) is 0 Å². The molecule has 2 aliphatic rings. The number of urea groups is 1. The first-order valence-corrected chi connectivity index (χ1v) is 14.4. The second-order valence-electron chi connectivity index (χ2n) is 9.62. The summed E-state index contributed by atoms with van der Waals surface area (Å²) < 4.78 is 68.8. The summed E-state index contributed by atoms with van der Waals surface area (Å²) in [6, 6.07) is 11.9. The minimum absolute atomic E-state index is 0.0949. The number of H-pyrrole nitrogens is 1. The number of imidazole rings is 1. The third-order valence-corrected chi connectivity index (χ3v) is 8.37. The maximum atomic E-state index is 13.0. The average molecular weight is 628 g/mol. The van der Waals surface area contributed by atoms with Gasteiger partial charge in [-0.15, -0.1) is 0 Å². The Kier molecular flexibility index (Phi) is 9.44. The number of carbonyl (C=O) groups excluding carboxylic acids is 2. The second-order valence-corrected chi connectivity index (χ2v) is 11.5. The number of morpholine rings is 1. The number of rotatable bonds is 6. The number of halogens is 3. The molecule has 3 aromatic rings. The zero-order valence-corrected chi connectivity index (χ0v) is 23.5. The molecule has 17 heteroatoms. The van der Waals surface area contributed by atoms with Gasteiger partial charge in [-0.1, -0.05) is 24.3 Å². The average Bonchev–Trinajstić information content (AvgIpc) is 3.51. The van der Waals surface area contributed by atoms with Crippen LogP contribution in [0.1, 0.15) is 34.7 Å². The number of carboxylic acids is 1. The van der Waals surface area contributed by atoms with Gasteiger partial charge in [-0.05, 0) is 29.7 Å². The number of alkyl halides is 3. The molecule has 2 saturated heterocycles. The largest absolute Gasteiger partial charge is 0.497 e. The van der Waals surface area contributed by atoms with E-state index in [2.05, 4.69) is 10.3 Å². The molecule has 4 N–H and O–H groups in total. The van der Waals surface area contributed by atoms with Gasteiger partial charge in [0.25, 0.3) is 0 Å². The van der Waals surface area contributed by atoms with Crippen molar-refractivity contribution in [1.82, 2.24) is 24.9 Å². The Balaban J connectivity index is 0.000000541. The van der Waals surface area contributed by atoms with E-state index < -0.39 is 39.4 Å². The number of hydrogen-bond donors (Lipinski definition) is 4. The van der Waals surface area contributed by atoms with Gasteiger partial charge < -0.3 is 29.8 Å². The van der Waals surface area contributed by atoms with Gasteiger partial charge in [-0.2, -0.15) is 13.2 Å². The van der Waals surface area contributed by atoms with Gasteiger partial charge in [0.05, 0.1) is 43.8 Å². The Morgan fingerprint density at radius 3 is 2.40 bits per heavy atom. The summed E-state index contributed by atoms with van der Waals surface area (Å²) in [5, 5.41) is 9.31. The minimum Gasteiger partial charge on any atom is -0.497 e. The minimum atomic E-state index is -5.08. The van der Waals surface area contributed by atoms with Gasteiger partial charge in [0.2, 0.25) is 15.9 Å². The van der Waals surface area contributed by atoms with Crippen molar-refractivity contribution in [3.8, 4) is 5.75 Å². The number of hydrogen-bond acceptors (Lipinski definition) is 8. The quantitative estimate of drug-likeness (QED) is 0.319. The van der Waals surface area contributed by atoms with E-state index >= 15 is 0 Å². The molecular formula is C26H28F3N5O8S. The van der Waals surface area contributed by atoms with Crippen LogP contribution in [-0.4, -0.2) is 85.9 Å². The third-order valence-electron chi connectivity index (χ3n) is 6.67. The van der Waals surface area contributed by atoms with Crippen LogP contribution in [0.3, 0.4) is 0 Å². The third kappa shape index (κ3) is 7.92. The number of methoxy groups -OCH3 is 1. The standard InChI is InChI=1S/C24H27N5O6S.C2HF3O2/c1-34-17-6-7-18-19(13-17)26-23(25-18)20(27-24(31)29-8-10-35-11-9-29)12-15-2-4-16(5-3-15)21-14-22(30)28-36(21,32)33;3-2(4,5)1(6)7/h2-7,13,20-21H,8-12,14H2,1H3,(H,25,26)(H,27,31)(H,28,30);(H,6,7)/t20-,21?;/m0./s1. The van der Waals surface area contributed by atoms with Gasteiger partial charge in [0.1, 0.15) is 16.8 Å². The van der Waals surface area contributed by atoms with Gasteiger partial charge in [0, 0.05) is 19.2 Å². The lowest BCUT2D eigenvalue weighted by atomic mass is 10.0. The van der Waals surface area contributed by atoms with E-state index in [1.807, 2.05) is 35.1 Å². The molecular weight excluding hydrogens is 599 g/mol. The van der Waals surface area contributed by atoms with E-state index in [-0.39, 0.29) is 12.5 Å². The van der Waals surface area contributed by atoms with E-state index in [4.69, 9.17) is 24.4 Å². The normalized spacial score (nSPS) is 18.7. The smallest absolute Gasteiger partial charge is 0.490 e. The lowest BCUT2D eigenvalue weighted by Gasteiger charge is -2.29. The van der Waals surface area contributed by atoms with E-state index in [0.29, 0.717) is 49.9 Å². The van der Waals surface area contributed by atoms with Crippen molar-refractivity contribution in [2.24, 2.45) is 0 Å². The Labute approximate surface area is 243 Å². The molecule has 2 aromatic carbocycles. The van der Waals surface area contributed by atoms with Crippen molar-refractivity contribution in [2.75, 3.05) is 33.4 Å². The molecule has 1 unspecified atom stereocenters. The molecule has 13 nitrogen and oxygen atoms in total. The topological polar surface area (TPSA) is 180 Å². The van der Waals surface area contributed by atoms with Crippen LogP contribution in [0.25, 0.3) is 11.0 Å². The highest BCUT2D eigenvalue weighted by molar-refractivity contribution is 7.90. The summed E-state index contributed by atoms with van der Waals surface area (Å²) in [6.07, 6.45) is -4.76. The van der Waals surface area contributed by atoms with Crippen LogP contribution < -0.4 is 14.8 Å². The summed E-state index contributed by atoms with van der Waals surface area (Å²) in [7, 11) is -2.12. The molecule has 232 valence electrons. The van der Waals surface area contributed by atoms with Gasteiger partial charge in [-0.3, -0.25) is 9.52 Å². The molecule has 0 saturated carbocycles. The first-order chi connectivity index (χ1) is 20.3. The number of amides is 3. The molecule has 0 bridgehead atoms. The van der Waals surface area contributed by atoms with Crippen molar-refractivity contribution < 1.29 is 50.6 Å². The summed E-state index contributed by atoms with van der Waals surface area (Å²) in [5.41, 5.74) is 2.95. The number of nitrogens with one attached hydrogen (secondary N) is 3. The SMILES string of the molecule is COc1ccc2nc([C@H](Cc3ccc(C4CC(=O)NS4(=O)=O)cc3)NC(=O)N3CCOCC3)[nH]c2c1.O=C(O)C(F)(F)F. The molecule has 2 fully saturated rings. The fourth-order valence-electron chi connectivity index (χ4n) is 4.47. The lowest BCUT2D eigenvalue weighted by Crippen LogP contribution is -2.47. The van der Waals surface area contributed by atoms with E-state index in [0.717, 1.165) is 16.6 Å². The van der Waals surface area contributed by atoms with Crippen LogP contribution in [-0.2, 0) is 30.8 Å². The Morgan fingerprint density at radius 1 is 1.19 bits per heavy atom. The summed E-state index contributed by atoms with van der Waals surface area (Å²) >= 11 is 0. The highest BCUT2D eigenvalue weighted by Gasteiger charge is 2.38. The van der Waals surface area contributed by atoms with E-state index in [9.17, 15) is 31.2 Å². The Bertz CT molecular complexity index is 1590. The molecule has 0 radical (unpaired) electrons. The molecule has 0 spiro atoms. The number of nitrogens with zero attached hydrogens (tertiary/aromatic N) is 2. The summed E-state index contributed by atoms with van der Waals surface area (Å²) in [5.74, 6) is -1.97. The molecule has 1 aromatic heterocycles. The number of carbonyl (C=O) groups is 3. The van der Waals surface area contributed by atoms with Crippen LogP contribution in [0.2, 0.25) is 0 Å². The molecule has 3 heterocycles. The molecule has 3 amide bonds. The fraction of sp³-hybridized carbons (Fsp3) is 0.385. The Hall–Kier alpha value is -4.38. The van der Waals surface area contributed by atoms with Crippen LogP contribution >= 0.6 is 0 Å². The lowest BCUT2D eigenvalue weighted by molar-refractivity contribution is -0.192. The zero-order valence-electron chi connectivity index (χ0n) is 22.7. The van der Waals surface area contributed by atoms with Crippen molar-refractivity contribution in [3.63, 3.8) is 0 Å². The number of aromatic amines is 1. The Morgan fingerprint density at radius 2 is 1.84 bits per heavy atom. The van der Waals surface area contributed by atoms with Gasteiger partial charge in [0.15, 0.2) is 0 Å². The maximum Gasteiger partial charge on any atom is 0.490 e. The highest BCUT2D eigenvalue weighted by atomic mass is 32.2. The number of aromatic nitrogens is 2. The number of ether oxygens (including phenoxy) is 2. The molecule has 43 heavy (non-hydrogen) atoms. The summed E-state index contributed by atoms with van der Waals surface area (Å²) in [4.78, 5) is 43.2. The van der Waals surface area contributed by atoms with E-state index in [1.54, 1.807) is 24.1 Å². The summed E-state index contributed by atoms with van der Waals surface area (Å²) in [6.45, 7) is 2.00. The number of aliphatic carboxylic acids is 1. The molecule has 5 rings (SSSR count). The van der Waals surface area contributed by atoms with Crippen molar-refractivity contribution in [2.45, 2.75) is 30.3 Å². The van der Waals surface area contributed by atoms with Crippen molar-refractivity contribution in [3.05, 3.63) is 59.4 Å². The van der Waals surface area contributed by atoms with Gasteiger partial charge in [-0.25, -0.2) is 23.0 Å². The van der Waals surface area contributed by atoms with Crippen LogP contribution in [0.15, 0.2) is 42.5 Å². The molecule has 0 aliphatic carbocycles. The first kappa shape index (κ1) is 31.6. The van der Waals surface area contributed by atoms with Gasteiger partial charge >= 0.3 is 18.2 Å². The van der Waals surface area contributed by atoms with Crippen LogP contribution in [0.4, 0.5) is 18.0 Å². The predicted molar refractivity (Wildman–Crippen MR) is 145 cm³/mol. The zero-order chi connectivity index (χ0) is 31.4. The fourth-order valence-corrected chi connectivity index (χ4v) is 5.90. The monoisotopic (exact) mass is 627 g/mol. The van der Waals surface area contributed by atoms with E-state index in [1.165, 1.54) is 0 Å². The van der Waals surface area contributed by atoms with Crippen molar-refractivity contribution in [1.29, 1.82) is 0 Å². The van der Waals surface area contributed by atoms with Crippen molar-refractivity contribution >= 4 is 39.0 Å². The molecule has 2 aliphatic heterocycles. The second kappa shape index (κ2) is 12.9. The maximum absolute atomic E-state index is 13.0. The number of fused-ring (bicyclic) bond motifs is 1. The number of carboxylic acid groups (broad SMARTS) is 1. The number of sulfonamides is 1.